The largest absolute Gasteiger partial charge is 0.442 e. The number of carbonyl (C=O) groups is 1. The number of halogens is 2. The SMILES string of the molecule is CN(/N=C(\N)c1ccc(Br)cc1F)C(=O)OC(C)(C)C. The minimum absolute atomic E-state index is 0.108. The second-order valence-electron chi connectivity index (χ2n) is 5.11. The van der Waals surface area contributed by atoms with E-state index in [-0.39, 0.29) is 11.4 Å². The van der Waals surface area contributed by atoms with Crippen molar-refractivity contribution in [2.75, 3.05) is 7.05 Å². The minimum atomic E-state index is -0.669. The highest BCUT2D eigenvalue weighted by Gasteiger charge is 2.20. The van der Waals surface area contributed by atoms with Crippen molar-refractivity contribution in [1.29, 1.82) is 0 Å². The number of hydrazone groups is 1. The molecule has 0 aliphatic carbocycles. The summed E-state index contributed by atoms with van der Waals surface area (Å²) in [5.74, 6) is -0.637. The average Bonchev–Trinajstić information content (AvgIpc) is 2.26. The third-order valence-electron chi connectivity index (χ3n) is 2.12. The van der Waals surface area contributed by atoms with E-state index in [2.05, 4.69) is 21.0 Å². The quantitative estimate of drug-likeness (QED) is 0.508. The van der Waals surface area contributed by atoms with Gasteiger partial charge in [-0.05, 0) is 39.0 Å². The third kappa shape index (κ3) is 4.80. The van der Waals surface area contributed by atoms with Gasteiger partial charge in [0, 0.05) is 11.5 Å². The zero-order valence-corrected chi connectivity index (χ0v) is 13.4. The molecule has 0 radical (unpaired) electrons. The molecule has 0 spiro atoms. The molecule has 1 amide bonds. The Labute approximate surface area is 125 Å². The van der Waals surface area contributed by atoms with Crippen molar-refractivity contribution in [2.24, 2.45) is 10.8 Å². The first-order valence-electron chi connectivity index (χ1n) is 5.86. The van der Waals surface area contributed by atoms with Gasteiger partial charge in [-0.1, -0.05) is 15.9 Å². The predicted octanol–water partition coefficient (Wildman–Crippen LogP) is 3.08. The normalized spacial score (nSPS) is 12.2. The Kier molecular flexibility index (Phi) is 5.10. The average molecular weight is 346 g/mol. The van der Waals surface area contributed by atoms with Crippen LogP contribution in [0.15, 0.2) is 27.8 Å². The number of hydrogen-bond acceptors (Lipinski definition) is 3. The van der Waals surface area contributed by atoms with Crippen molar-refractivity contribution < 1.29 is 13.9 Å². The summed E-state index contributed by atoms with van der Waals surface area (Å²) >= 11 is 3.15. The van der Waals surface area contributed by atoms with Crippen LogP contribution in [-0.2, 0) is 4.74 Å². The monoisotopic (exact) mass is 345 g/mol. The van der Waals surface area contributed by atoms with Gasteiger partial charge in [-0.25, -0.2) is 9.18 Å². The molecule has 7 heteroatoms. The highest BCUT2D eigenvalue weighted by atomic mass is 79.9. The number of rotatable bonds is 2. The van der Waals surface area contributed by atoms with Crippen LogP contribution in [0.25, 0.3) is 0 Å². The van der Waals surface area contributed by atoms with Crippen LogP contribution in [-0.4, -0.2) is 29.6 Å². The minimum Gasteiger partial charge on any atom is -0.442 e. The highest BCUT2D eigenvalue weighted by molar-refractivity contribution is 9.10. The van der Waals surface area contributed by atoms with Gasteiger partial charge in [0.15, 0.2) is 5.84 Å². The van der Waals surface area contributed by atoms with Crippen LogP contribution in [0.2, 0.25) is 0 Å². The Morgan fingerprint density at radius 3 is 2.55 bits per heavy atom. The number of carbonyl (C=O) groups excluding carboxylic acids is 1. The molecule has 5 nitrogen and oxygen atoms in total. The second-order valence-corrected chi connectivity index (χ2v) is 6.03. The standard InChI is InChI=1S/C13H17BrFN3O2/c1-13(2,3)20-12(19)18(4)17-11(16)9-6-5-8(14)7-10(9)15/h5-7H,1-4H3,(H2,16,17). The first-order chi connectivity index (χ1) is 9.10. The summed E-state index contributed by atoms with van der Waals surface area (Å²) in [6.45, 7) is 5.21. The van der Waals surface area contributed by atoms with E-state index < -0.39 is 17.5 Å². The fourth-order valence-electron chi connectivity index (χ4n) is 1.28. The van der Waals surface area contributed by atoms with Crippen molar-refractivity contribution in [3.63, 3.8) is 0 Å². The van der Waals surface area contributed by atoms with E-state index in [1.54, 1.807) is 26.8 Å². The van der Waals surface area contributed by atoms with Crippen LogP contribution < -0.4 is 5.73 Å². The number of benzene rings is 1. The van der Waals surface area contributed by atoms with Crippen molar-refractivity contribution in [3.05, 3.63) is 34.1 Å². The van der Waals surface area contributed by atoms with Crippen LogP contribution in [0.1, 0.15) is 26.3 Å². The summed E-state index contributed by atoms with van der Waals surface area (Å²) in [6.07, 6.45) is -0.669. The van der Waals surface area contributed by atoms with Crippen LogP contribution in [0.5, 0.6) is 0 Å². The van der Waals surface area contributed by atoms with Gasteiger partial charge in [-0.15, -0.1) is 5.10 Å². The molecule has 0 heterocycles. The number of ether oxygens (including phenoxy) is 1. The maximum atomic E-state index is 13.7. The third-order valence-corrected chi connectivity index (χ3v) is 2.62. The molecule has 0 atom stereocenters. The molecule has 110 valence electrons. The van der Waals surface area contributed by atoms with E-state index in [4.69, 9.17) is 10.5 Å². The summed E-state index contributed by atoms with van der Waals surface area (Å²) in [7, 11) is 1.39. The molecule has 0 unspecified atom stereocenters. The van der Waals surface area contributed by atoms with E-state index in [1.807, 2.05) is 0 Å². The van der Waals surface area contributed by atoms with E-state index >= 15 is 0 Å². The fourth-order valence-corrected chi connectivity index (χ4v) is 1.61. The van der Waals surface area contributed by atoms with Crippen LogP contribution >= 0.6 is 15.9 Å². The second kappa shape index (κ2) is 6.21. The fraction of sp³-hybridized carbons (Fsp3) is 0.385. The molecule has 1 rings (SSSR count). The molecular weight excluding hydrogens is 329 g/mol. The van der Waals surface area contributed by atoms with E-state index in [0.29, 0.717) is 4.47 Å². The van der Waals surface area contributed by atoms with Gasteiger partial charge in [-0.3, -0.25) is 0 Å². The molecule has 0 aliphatic heterocycles. The molecular formula is C13H17BrFN3O2. The first-order valence-corrected chi connectivity index (χ1v) is 6.65. The van der Waals surface area contributed by atoms with Gasteiger partial charge >= 0.3 is 6.09 Å². The number of amides is 1. The summed E-state index contributed by atoms with van der Waals surface area (Å²) < 4.78 is 19.4. The Morgan fingerprint density at radius 1 is 1.45 bits per heavy atom. The Morgan fingerprint density at radius 2 is 2.05 bits per heavy atom. The van der Waals surface area contributed by atoms with E-state index in [0.717, 1.165) is 5.01 Å². The molecule has 0 saturated heterocycles. The van der Waals surface area contributed by atoms with Gasteiger partial charge in [0.2, 0.25) is 0 Å². The molecule has 0 aromatic heterocycles. The van der Waals surface area contributed by atoms with Gasteiger partial charge in [0.05, 0.1) is 5.56 Å². The smallest absolute Gasteiger partial charge is 0.430 e. The zero-order valence-electron chi connectivity index (χ0n) is 11.8. The zero-order chi connectivity index (χ0) is 15.5. The molecule has 0 saturated carbocycles. The number of amidine groups is 1. The maximum Gasteiger partial charge on any atom is 0.430 e. The lowest BCUT2D eigenvalue weighted by Gasteiger charge is -2.22. The van der Waals surface area contributed by atoms with Crippen molar-refractivity contribution >= 4 is 27.9 Å². The molecule has 0 aliphatic rings. The van der Waals surface area contributed by atoms with E-state index in [1.165, 1.54) is 19.2 Å². The number of nitrogens with zero attached hydrogens (tertiary/aromatic N) is 2. The van der Waals surface area contributed by atoms with Crippen LogP contribution in [0.4, 0.5) is 9.18 Å². The topological polar surface area (TPSA) is 67.9 Å². The number of nitrogens with two attached hydrogens (primary N) is 1. The first kappa shape index (κ1) is 16.4. The lowest BCUT2D eigenvalue weighted by Crippen LogP contribution is -2.33. The Hall–Kier alpha value is -1.63. The van der Waals surface area contributed by atoms with Crippen molar-refractivity contribution in [1.82, 2.24) is 5.01 Å². The van der Waals surface area contributed by atoms with Crippen molar-refractivity contribution in [3.8, 4) is 0 Å². The lowest BCUT2D eigenvalue weighted by molar-refractivity contribution is 0.0303. The van der Waals surface area contributed by atoms with Gasteiger partial charge < -0.3 is 10.5 Å². The Bertz CT molecular complexity index is 541. The van der Waals surface area contributed by atoms with Crippen molar-refractivity contribution in [2.45, 2.75) is 26.4 Å². The van der Waals surface area contributed by atoms with Gasteiger partial charge in [0.1, 0.15) is 11.4 Å². The maximum absolute atomic E-state index is 13.7. The summed E-state index contributed by atoms with van der Waals surface area (Å²) in [5, 5.41) is 4.75. The molecule has 0 bridgehead atoms. The molecule has 1 aromatic rings. The Balaban J connectivity index is 2.90. The summed E-state index contributed by atoms with van der Waals surface area (Å²) in [4.78, 5) is 11.7. The molecule has 2 N–H and O–H groups in total. The van der Waals surface area contributed by atoms with Crippen LogP contribution in [0, 0.1) is 5.82 Å². The summed E-state index contributed by atoms with van der Waals surface area (Å²) in [6, 6.07) is 4.38. The van der Waals surface area contributed by atoms with Gasteiger partial charge in [-0.2, -0.15) is 5.01 Å². The summed E-state index contributed by atoms with van der Waals surface area (Å²) in [5.41, 5.74) is 5.17. The van der Waals surface area contributed by atoms with Gasteiger partial charge in [0.25, 0.3) is 0 Å². The van der Waals surface area contributed by atoms with E-state index in [9.17, 15) is 9.18 Å². The number of hydrogen-bond donors (Lipinski definition) is 1. The highest BCUT2D eigenvalue weighted by Crippen LogP contribution is 2.15. The lowest BCUT2D eigenvalue weighted by atomic mass is 10.2. The van der Waals surface area contributed by atoms with Crippen LogP contribution in [0.3, 0.4) is 0 Å². The predicted molar refractivity (Wildman–Crippen MR) is 78.8 cm³/mol. The molecule has 20 heavy (non-hydrogen) atoms. The molecule has 1 aromatic carbocycles. The molecule has 0 fully saturated rings.